The molecule has 1 saturated heterocycles. The van der Waals surface area contributed by atoms with Gasteiger partial charge in [0.05, 0.1) is 24.4 Å². The van der Waals surface area contributed by atoms with Crippen LogP contribution in [0.1, 0.15) is 24.9 Å². The maximum Gasteiger partial charge on any atom is 0.414 e. The van der Waals surface area contributed by atoms with Crippen LogP contribution in [0.4, 0.5) is 10.5 Å². The Morgan fingerprint density at radius 1 is 1.19 bits per heavy atom. The van der Waals surface area contributed by atoms with Crippen LogP contribution in [0.2, 0.25) is 0 Å². The Kier molecular flexibility index (Phi) is 4.37. The fourth-order valence-corrected chi connectivity index (χ4v) is 4.48. The normalized spacial score (nSPS) is 29.7. The number of carbonyl (C=O) groups is 3. The monoisotopic (exact) mass is 370 g/mol. The lowest BCUT2D eigenvalue weighted by Crippen LogP contribution is -2.41. The van der Waals surface area contributed by atoms with Crippen molar-refractivity contribution in [2.24, 2.45) is 23.7 Å². The molecule has 27 heavy (non-hydrogen) atoms. The number of benzene rings is 1. The van der Waals surface area contributed by atoms with Crippen molar-refractivity contribution in [2.45, 2.75) is 19.4 Å². The van der Waals surface area contributed by atoms with Gasteiger partial charge in [-0.05, 0) is 42.9 Å². The highest BCUT2D eigenvalue weighted by Crippen LogP contribution is 2.48. The lowest BCUT2D eigenvalue weighted by Gasteiger charge is -2.26. The molecule has 7 nitrogen and oxygen atoms in total. The van der Waals surface area contributed by atoms with E-state index >= 15 is 0 Å². The second-order valence-electron chi connectivity index (χ2n) is 7.43. The minimum absolute atomic E-state index is 0.00635. The number of rotatable bonds is 5. The maximum atomic E-state index is 12.8. The lowest BCUT2D eigenvalue weighted by molar-refractivity contribution is -0.148. The van der Waals surface area contributed by atoms with Crippen molar-refractivity contribution in [3.63, 3.8) is 0 Å². The number of carboxylic acid groups (broad SMARTS) is 1. The first kappa shape index (κ1) is 17.6. The van der Waals surface area contributed by atoms with Crippen LogP contribution in [0.15, 0.2) is 36.4 Å². The van der Waals surface area contributed by atoms with E-state index < -0.39 is 17.8 Å². The summed E-state index contributed by atoms with van der Waals surface area (Å²) in [5.41, 5.74) is 1.65. The maximum absolute atomic E-state index is 12.8. The van der Waals surface area contributed by atoms with Gasteiger partial charge in [0.25, 0.3) is 0 Å². The summed E-state index contributed by atoms with van der Waals surface area (Å²) >= 11 is 0. The second kappa shape index (κ2) is 6.72. The van der Waals surface area contributed by atoms with Crippen LogP contribution in [0.3, 0.4) is 0 Å². The molecule has 2 amide bonds. The zero-order valence-corrected chi connectivity index (χ0v) is 15.0. The molecule has 142 valence electrons. The van der Waals surface area contributed by atoms with Crippen molar-refractivity contribution in [1.29, 1.82) is 0 Å². The number of cyclic esters (lactones) is 1. The Balaban J connectivity index is 1.43. The molecular formula is C20H22N2O5. The molecule has 5 atom stereocenters. The van der Waals surface area contributed by atoms with Crippen molar-refractivity contribution < 1.29 is 24.2 Å². The molecule has 1 saturated carbocycles. The van der Waals surface area contributed by atoms with Crippen LogP contribution in [0.25, 0.3) is 0 Å². The third-order valence-corrected chi connectivity index (χ3v) is 5.87. The van der Waals surface area contributed by atoms with Crippen molar-refractivity contribution in [3.05, 3.63) is 42.0 Å². The molecule has 0 unspecified atom stereocenters. The molecule has 0 aromatic heterocycles. The first-order valence-electron chi connectivity index (χ1n) is 9.21. The van der Waals surface area contributed by atoms with E-state index in [0.29, 0.717) is 13.2 Å². The third-order valence-electron chi connectivity index (χ3n) is 5.87. The van der Waals surface area contributed by atoms with Crippen molar-refractivity contribution >= 4 is 23.7 Å². The molecule has 2 N–H and O–H groups in total. The summed E-state index contributed by atoms with van der Waals surface area (Å²) in [5, 5.41) is 12.5. The molecule has 1 heterocycles. The summed E-state index contributed by atoms with van der Waals surface area (Å²) in [6.07, 6.45) is 4.29. The molecule has 7 heteroatoms. The standard InChI is InChI=1S/C20H22N2O5/c1-11(12-4-6-15(7-5-12)22-8-9-27-20(22)26)21-18(23)16-13-2-3-14(10-13)17(16)19(24)25/h2-7,11,13-14,16-17H,8-10H2,1H3,(H,21,23)(H,24,25)/t11-,13-,14-,16-,17+/m0/s1. The van der Waals surface area contributed by atoms with Gasteiger partial charge in [-0.3, -0.25) is 14.5 Å². The second-order valence-corrected chi connectivity index (χ2v) is 7.43. The van der Waals surface area contributed by atoms with E-state index in [-0.39, 0.29) is 29.9 Å². The minimum Gasteiger partial charge on any atom is -0.481 e. The predicted molar refractivity (Wildman–Crippen MR) is 97.0 cm³/mol. The third kappa shape index (κ3) is 3.07. The topological polar surface area (TPSA) is 95.9 Å². The molecule has 4 rings (SSSR count). The summed E-state index contributed by atoms with van der Waals surface area (Å²) in [6, 6.07) is 7.12. The number of nitrogens with one attached hydrogen (secondary N) is 1. The molecule has 3 aliphatic rings. The number of ether oxygens (including phenoxy) is 1. The van der Waals surface area contributed by atoms with Crippen LogP contribution in [0.5, 0.6) is 0 Å². The number of nitrogens with zero attached hydrogens (tertiary/aromatic N) is 1. The van der Waals surface area contributed by atoms with Gasteiger partial charge in [-0.15, -0.1) is 0 Å². The highest BCUT2D eigenvalue weighted by molar-refractivity contribution is 5.89. The number of carboxylic acids is 1. The first-order valence-corrected chi connectivity index (χ1v) is 9.21. The van der Waals surface area contributed by atoms with Crippen LogP contribution in [0, 0.1) is 23.7 Å². The van der Waals surface area contributed by atoms with Gasteiger partial charge in [-0.2, -0.15) is 0 Å². The average Bonchev–Trinajstić information content (AvgIpc) is 3.37. The number of carbonyl (C=O) groups excluding carboxylic acids is 2. The van der Waals surface area contributed by atoms with Gasteiger partial charge in [-0.1, -0.05) is 24.3 Å². The molecule has 0 spiro atoms. The fraction of sp³-hybridized carbons (Fsp3) is 0.450. The van der Waals surface area contributed by atoms with Gasteiger partial charge in [0.1, 0.15) is 6.61 Å². The van der Waals surface area contributed by atoms with E-state index in [1.807, 2.05) is 43.3 Å². The minimum atomic E-state index is -0.901. The van der Waals surface area contributed by atoms with E-state index in [4.69, 9.17) is 4.74 Å². The molecule has 1 aromatic carbocycles. The summed E-state index contributed by atoms with van der Waals surface area (Å²) in [7, 11) is 0. The lowest BCUT2D eigenvalue weighted by atomic mass is 9.82. The molecule has 2 aliphatic carbocycles. The quantitative estimate of drug-likeness (QED) is 0.776. The number of fused-ring (bicyclic) bond motifs is 2. The Bertz CT molecular complexity index is 803. The molecule has 2 fully saturated rings. The van der Waals surface area contributed by atoms with E-state index in [9.17, 15) is 19.5 Å². The van der Waals surface area contributed by atoms with E-state index in [2.05, 4.69) is 5.32 Å². The Hall–Kier alpha value is -2.83. The molecule has 1 aromatic rings. The molecule has 2 bridgehead atoms. The first-order chi connectivity index (χ1) is 13.0. The van der Waals surface area contributed by atoms with Crippen LogP contribution in [-0.2, 0) is 14.3 Å². The van der Waals surface area contributed by atoms with Gasteiger partial charge in [0, 0.05) is 5.69 Å². The SMILES string of the molecule is C[C@H](NC(=O)[C@@H]1[C@H](C(=O)O)[C@H]2C=C[C@H]1C2)c1ccc(N2CCOC2=O)cc1. The van der Waals surface area contributed by atoms with Gasteiger partial charge in [0.2, 0.25) is 5.91 Å². The molecule has 1 aliphatic heterocycles. The van der Waals surface area contributed by atoms with Crippen LogP contribution >= 0.6 is 0 Å². The van der Waals surface area contributed by atoms with Crippen LogP contribution < -0.4 is 10.2 Å². The fourth-order valence-electron chi connectivity index (χ4n) is 4.48. The molecular weight excluding hydrogens is 348 g/mol. The van der Waals surface area contributed by atoms with E-state index in [1.165, 1.54) is 0 Å². The van der Waals surface area contributed by atoms with Crippen molar-refractivity contribution in [1.82, 2.24) is 5.32 Å². The van der Waals surface area contributed by atoms with Gasteiger partial charge in [-0.25, -0.2) is 4.79 Å². The van der Waals surface area contributed by atoms with Gasteiger partial charge < -0.3 is 15.2 Å². The Morgan fingerprint density at radius 3 is 2.44 bits per heavy atom. The van der Waals surface area contributed by atoms with Gasteiger partial charge in [0.15, 0.2) is 0 Å². The van der Waals surface area contributed by atoms with Crippen LogP contribution in [-0.4, -0.2) is 36.2 Å². The highest BCUT2D eigenvalue weighted by atomic mass is 16.6. The number of allylic oxidation sites excluding steroid dienone is 2. The van der Waals surface area contributed by atoms with Crippen molar-refractivity contribution in [3.8, 4) is 0 Å². The van der Waals surface area contributed by atoms with E-state index in [1.54, 1.807) is 4.90 Å². The largest absolute Gasteiger partial charge is 0.481 e. The molecule has 0 radical (unpaired) electrons. The Labute approximate surface area is 157 Å². The average molecular weight is 370 g/mol. The number of anilines is 1. The number of aliphatic carboxylic acids is 1. The summed E-state index contributed by atoms with van der Waals surface area (Å²) < 4.78 is 4.94. The number of hydrogen-bond acceptors (Lipinski definition) is 4. The number of amides is 2. The summed E-state index contributed by atoms with van der Waals surface area (Å²) in [5.74, 6) is -2.31. The predicted octanol–water partition coefficient (Wildman–Crippen LogP) is 2.34. The smallest absolute Gasteiger partial charge is 0.414 e. The summed E-state index contributed by atoms with van der Waals surface area (Å²) in [6.45, 7) is 2.78. The number of hydrogen-bond donors (Lipinski definition) is 2. The van der Waals surface area contributed by atoms with E-state index in [0.717, 1.165) is 17.7 Å². The zero-order chi connectivity index (χ0) is 19.1. The van der Waals surface area contributed by atoms with Gasteiger partial charge >= 0.3 is 12.1 Å². The Morgan fingerprint density at radius 2 is 1.85 bits per heavy atom. The summed E-state index contributed by atoms with van der Waals surface area (Å²) in [4.78, 5) is 37.6. The zero-order valence-electron chi connectivity index (χ0n) is 15.0. The van der Waals surface area contributed by atoms with Crippen molar-refractivity contribution in [2.75, 3.05) is 18.1 Å². The highest BCUT2D eigenvalue weighted by Gasteiger charge is 2.51.